The highest BCUT2D eigenvalue weighted by molar-refractivity contribution is 9.10. The molecule has 0 fully saturated rings. The molecule has 6 nitrogen and oxygen atoms in total. The van der Waals surface area contributed by atoms with E-state index in [1.165, 1.54) is 7.11 Å². The monoisotopic (exact) mass is 491 g/mol. The zero-order valence-corrected chi connectivity index (χ0v) is 19.0. The van der Waals surface area contributed by atoms with Crippen molar-refractivity contribution >= 4 is 38.6 Å². The molecule has 7 heteroatoms. The Kier molecular flexibility index (Phi) is 6.01. The van der Waals surface area contributed by atoms with Gasteiger partial charge in [0.1, 0.15) is 11.6 Å². The molecule has 0 atom stereocenters. The van der Waals surface area contributed by atoms with Gasteiger partial charge in [-0.15, -0.1) is 0 Å². The molecule has 4 aromatic rings. The van der Waals surface area contributed by atoms with Gasteiger partial charge in [-0.1, -0.05) is 30.3 Å². The number of nitrogens with two attached hydrogens (primary N) is 1. The Morgan fingerprint density at radius 1 is 1.12 bits per heavy atom. The van der Waals surface area contributed by atoms with Gasteiger partial charge in [0.2, 0.25) is 0 Å². The summed E-state index contributed by atoms with van der Waals surface area (Å²) in [6.45, 7) is 0. The summed E-state index contributed by atoms with van der Waals surface area (Å²) in [7, 11) is 1.35. The number of aromatic nitrogens is 1. The number of amidine groups is 1. The number of phenolic OH excluding ortho intramolecular Hbond substituents is 1. The van der Waals surface area contributed by atoms with Crippen LogP contribution >= 0.6 is 15.9 Å². The summed E-state index contributed by atoms with van der Waals surface area (Å²) in [5.74, 6) is -0.293. The van der Waals surface area contributed by atoms with Crippen LogP contribution in [0.5, 0.6) is 5.75 Å². The van der Waals surface area contributed by atoms with Crippen molar-refractivity contribution in [3.8, 4) is 17.0 Å². The average molecular weight is 492 g/mol. The molecular weight excluding hydrogens is 470 g/mol. The molecule has 0 bridgehead atoms. The topological polar surface area (TPSA) is 112 Å². The molecule has 162 valence electrons. The number of phenols is 1. The zero-order chi connectivity index (χ0) is 22.8. The third kappa shape index (κ3) is 4.24. The minimum absolute atomic E-state index is 0.00835. The first kappa shape index (κ1) is 21.6. The molecule has 5 N–H and O–H groups in total. The summed E-state index contributed by atoms with van der Waals surface area (Å²) in [5, 5.41) is 19.6. The highest BCUT2D eigenvalue weighted by Crippen LogP contribution is 2.41. The third-order valence-electron chi connectivity index (χ3n) is 5.41. The Morgan fingerprint density at radius 2 is 1.88 bits per heavy atom. The van der Waals surface area contributed by atoms with Gasteiger partial charge >= 0.3 is 5.97 Å². The number of aromatic hydroxyl groups is 1. The molecule has 0 saturated carbocycles. The van der Waals surface area contributed by atoms with Crippen molar-refractivity contribution in [2.45, 2.75) is 12.8 Å². The predicted molar refractivity (Wildman–Crippen MR) is 129 cm³/mol. The van der Waals surface area contributed by atoms with E-state index in [4.69, 9.17) is 15.9 Å². The number of benzene rings is 3. The van der Waals surface area contributed by atoms with E-state index < -0.39 is 0 Å². The number of carbonyl (C=O) groups is 1. The Morgan fingerprint density at radius 3 is 2.56 bits per heavy atom. The average Bonchev–Trinajstić information content (AvgIpc) is 3.14. The molecule has 0 saturated heterocycles. The van der Waals surface area contributed by atoms with Crippen LogP contribution in [0.1, 0.15) is 22.3 Å². The maximum absolute atomic E-state index is 11.8. The fourth-order valence-electron chi connectivity index (χ4n) is 3.82. The fourth-order valence-corrected chi connectivity index (χ4v) is 4.32. The van der Waals surface area contributed by atoms with Crippen LogP contribution in [-0.2, 0) is 22.4 Å². The maximum atomic E-state index is 11.8. The largest absolute Gasteiger partial charge is 0.506 e. The molecule has 0 unspecified atom stereocenters. The molecule has 0 aliphatic heterocycles. The van der Waals surface area contributed by atoms with Crippen LogP contribution in [0.15, 0.2) is 65.1 Å². The predicted octanol–water partition coefficient (Wildman–Crippen LogP) is 4.89. The number of methoxy groups -OCH3 is 1. The first-order chi connectivity index (χ1) is 15.4. The van der Waals surface area contributed by atoms with Crippen LogP contribution in [0.25, 0.3) is 22.2 Å². The van der Waals surface area contributed by atoms with E-state index in [0.29, 0.717) is 27.6 Å². The number of hydrogen-bond donors (Lipinski definition) is 4. The molecule has 4 rings (SSSR count). The van der Waals surface area contributed by atoms with Gasteiger partial charge in [0.25, 0.3) is 0 Å². The van der Waals surface area contributed by atoms with Crippen LogP contribution in [0, 0.1) is 5.41 Å². The van der Waals surface area contributed by atoms with E-state index >= 15 is 0 Å². The van der Waals surface area contributed by atoms with Crippen molar-refractivity contribution in [3.05, 3.63) is 87.4 Å². The van der Waals surface area contributed by atoms with Crippen molar-refractivity contribution in [1.82, 2.24) is 4.98 Å². The van der Waals surface area contributed by atoms with E-state index in [-0.39, 0.29) is 24.0 Å². The van der Waals surface area contributed by atoms with Crippen molar-refractivity contribution in [2.24, 2.45) is 5.73 Å². The Hall–Kier alpha value is -3.58. The molecule has 0 aliphatic carbocycles. The maximum Gasteiger partial charge on any atom is 0.309 e. The van der Waals surface area contributed by atoms with Gasteiger partial charge in [0, 0.05) is 28.5 Å². The number of ether oxygens (including phenoxy) is 1. The van der Waals surface area contributed by atoms with Crippen LogP contribution in [-0.4, -0.2) is 29.0 Å². The minimum Gasteiger partial charge on any atom is -0.506 e. The second-order valence-electron chi connectivity index (χ2n) is 7.54. The first-order valence-electron chi connectivity index (χ1n) is 9.99. The first-order valence-corrected chi connectivity index (χ1v) is 10.8. The number of fused-ring (bicyclic) bond motifs is 1. The molecule has 1 aromatic heterocycles. The Balaban J connectivity index is 1.94. The lowest BCUT2D eigenvalue weighted by molar-refractivity contribution is -0.139. The lowest BCUT2D eigenvalue weighted by Gasteiger charge is -2.12. The number of esters is 1. The second kappa shape index (κ2) is 8.88. The highest BCUT2D eigenvalue weighted by Gasteiger charge is 2.20. The number of nitrogens with one attached hydrogen (secondary N) is 2. The molecule has 3 aromatic carbocycles. The van der Waals surface area contributed by atoms with Crippen molar-refractivity contribution in [3.63, 3.8) is 0 Å². The number of H-pyrrole nitrogens is 1. The van der Waals surface area contributed by atoms with Gasteiger partial charge in [-0.25, -0.2) is 0 Å². The molecule has 1 heterocycles. The Bertz CT molecular complexity index is 1330. The van der Waals surface area contributed by atoms with E-state index in [1.54, 1.807) is 18.2 Å². The van der Waals surface area contributed by atoms with Gasteiger partial charge in [0.15, 0.2) is 0 Å². The van der Waals surface area contributed by atoms with Gasteiger partial charge in [-0.05, 0) is 63.0 Å². The second-order valence-corrected chi connectivity index (χ2v) is 8.40. The van der Waals surface area contributed by atoms with Crippen LogP contribution in [0.2, 0.25) is 0 Å². The Labute approximate surface area is 193 Å². The van der Waals surface area contributed by atoms with Gasteiger partial charge in [0.05, 0.1) is 23.7 Å². The number of rotatable bonds is 6. The van der Waals surface area contributed by atoms with Gasteiger partial charge in [-0.3, -0.25) is 10.2 Å². The number of nitrogen functional groups attached to an aromatic ring is 1. The van der Waals surface area contributed by atoms with Crippen LogP contribution in [0.3, 0.4) is 0 Å². The normalized spacial score (nSPS) is 10.9. The number of carbonyl (C=O) groups excluding carboxylic acids is 1. The third-order valence-corrected chi connectivity index (χ3v) is 6.01. The summed E-state index contributed by atoms with van der Waals surface area (Å²) >= 11 is 3.41. The standard InChI is InChI=1S/C25H22BrN3O3/c1-32-22(30)12-15-10-19(24(31)20(26)11-15)23-18(9-14-5-3-2-4-6-14)17-13-16(25(27)28)7-8-21(17)29-23/h2-8,10-11,13,29,31H,9,12H2,1H3,(H3,27,28). The number of hydrogen-bond acceptors (Lipinski definition) is 4. The van der Waals surface area contributed by atoms with Gasteiger partial charge in [-0.2, -0.15) is 0 Å². The molecule has 0 aliphatic rings. The fraction of sp³-hybridized carbons (Fsp3) is 0.120. The zero-order valence-electron chi connectivity index (χ0n) is 17.4. The van der Waals surface area contributed by atoms with Crippen molar-refractivity contribution in [2.75, 3.05) is 7.11 Å². The number of aromatic amines is 1. The minimum atomic E-state index is -0.360. The number of halogens is 1. The lowest BCUT2D eigenvalue weighted by Crippen LogP contribution is -2.10. The summed E-state index contributed by atoms with van der Waals surface area (Å²) in [6, 6.07) is 19.1. The SMILES string of the molecule is COC(=O)Cc1cc(Br)c(O)c(-c2[nH]c3ccc(C(=N)N)cc3c2Cc2ccccc2)c1. The van der Waals surface area contributed by atoms with E-state index in [0.717, 1.165) is 27.7 Å². The molecule has 0 amide bonds. The summed E-state index contributed by atoms with van der Waals surface area (Å²) in [6.07, 6.45) is 0.695. The molecular formula is C25H22BrN3O3. The summed E-state index contributed by atoms with van der Waals surface area (Å²) in [4.78, 5) is 15.3. The highest BCUT2D eigenvalue weighted by atomic mass is 79.9. The van der Waals surface area contributed by atoms with Crippen molar-refractivity contribution in [1.29, 1.82) is 5.41 Å². The molecule has 0 spiro atoms. The molecule has 32 heavy (non-hydrogen) atoms. The quantitative estimate of drug-likeness (QED) is 0.174. The lowest BCUT2D eigenvalue weighted by atomic mass is 9.96. The van der Waals surface area contributed by atoms with Gasteiger partial charge < -0.3 is 20.6 Å². The smallest absolute Gasteiger partial charge is 0.309 e. The molecule has 0 radical (unpaired) electrons. The van der Waals surface area contributed by atoms with E-state index in [9.17, 15) is 9.90 Å². The van der Waals surface area contributed by atoms with Crippen molar-refractivity contribution < 1.29 is 14.6 Å². The van der Waals surface area contributed by atoms with E-state index in [1.807, 2.05) is 42.5 Å². The van der Waals surface area contributed by atoms with Crippen LogP contribution < -0.4 is 5.73 Å². The summed E-state index contributed by atoms with van der Waals surface area (Å²) in [5.41, 5.74) is 11.3. The summed E-state index contributed by atoms with van der Waals surface area (Å²) < 4.78 is 5.29. The van der Waals surface area contributed by atoms with Crippen LogP contribution in [0.4, 0.5) is 0 Å². The van der Waals surface area contributed by atoms with E-state index in [2.05, 4.69) is 20.9 Å².